The summed E-state index contributed by atoms with van der Waals surface area (Å²) >= 11 is 0. The second-order valence-corrected chi connectivity index (χ2v) is 10.8. The fraction of sp³-hybridized carbons (Fsp3) is 0.229. The zero-order chi connectivity index (χ0) is 29.1. The maximum Gasteiger partial charge on any atom is 0.269 e. The molecule has 0 unspecified atom stereocenters. The number of benzene rings is 4. The van der Waals surface area contributed by atoms with Gasteiger partial charge in [0.25, 0.3) is 5.69 Å². The van der Waals surface area contributed by atoms with E-state index in [-0.39, 0.29) is 18.3 Å². The van der Waals surface area contributed by atoms with Crippen LogP contribution in [0.4, 0.5) is 17.1 Å². The fourth-order valence-electron chi connectivity index (χ4n) is 5.83. The summed E-state index contributed by atoms with van der Waals surface area (Å²) < 4.78 is 11.8. The summed E-state index contributed by atoms with van der Waals surface area (Å²) in [4.78, 5) is 15.2. The molecule has 0 aromatic heterocycles. The third-order valence-electron chi connectivity index (χ3n) is 7.94. The summed E-state index contributed by atoms with van der Waals surface area (Å²) in [5, 5.41) is 14.7. The Morgan fingerprint density at radius 3 is 2.55 bits per heavy atom. The number of hydrogen-bond donors (Lipinski definition) is 1. The van der Waals surface area contributed by atoms with Crippen LogP contribution in [0.5, 0.6) is 11.5 Å². The molecule has 1 N–H and O–H groups in total. The number of ether oxygens (including phenoxy) is 2. The van der Waals surface area contributed by atoms with Crippen LogP contribution in [0.15, 0.2) is 102 Å². The molecule has 1 heterocycles. The number of nitrogens with one attached hydrogen (secondary N) is 1. The first-order valence-electron chi connectivity index (χ1n) is 14.3. The molecule has 2 aliphatic rings. The molecule has 42 heavy (non-hydrogen) atoms. The zero-order valence-electron chi connectivity index (χ0n) is 23.7. The van der Waals surface area contributed by atoms with Gasteiger partial charge in [-0.3, -0.25) is 15.1 Å². The predicted molar refractivity (Wildman–Crippen MR) is 166 cm³/mol. The highest BCUT2D eigenvalue weighted by molar-refractivity contribution is 5.83. The normalized spacial score (nSPS) is 18.8. The largest absolute Gasteiger partial charge is 0.490 e. The number of rotatable bonds is 9. The van der Waals surface area contributed by atoms with Crippen LogP contribution in [0.1, 0.15) is 53.1 Å². The molecule has 0 amide bonds. The van der Waals surface area contributed by atoms with Crippen LogP contribution in [0.2, 0.25) is 0 Å². The van der Waals surface area contributed by atoms with Crippen molar-refractivity contribution in [3.05, 3.63) is 135 Å². The Morgan fingerprint density at radius 2 is 1.79 bits per heavy atom. The van der Waals surface area contributed by atoms with Gasteiger partial charge in [0.1, 0.15) is 6.61 Å². The average Bonchev–Trinajstić information content (AvgIpc) is 3.51. The molecule has 1 aliphatic heterocycles. The predicted octanol–water partition coefficient (Wildman–Crippen LogP) is 8.46. The van der Waals surface area contributed by atoms with E-state index < -0.39 is 4.92 Å². The lowest BCUT2D eigenvalue weighted by Crippen LogP contribution is -2.29. The number of anilines is 1. The molecule has 212 valence electrons. The van der Waals surface area contributed by atoms with Crippen molar-refractivity contribution in [3.63, 3.8) is 0 Å². The summed E-state index contributed by atoms with van der Waals surface area (Å²) in [5.41, 5.74) is 7.86. The molecule has 0 saturated heterocycles. The van der Waals surface area contributed by atoms with E-state index in [1.165, 1.54) is 34.5 Å². The van der Waals surface area contributed by atoms with Gasteiger partial charge in [0, 0.05) is 30.0 Å². The number of allylic oxidation sites excluding steroid dienone is 2. The molecular weight excluding hydrogens is 526 g/mol. The first-order valence-corrected chi connectivity index (χ1v) is 14.3. The zero-order valence-corrected chi connectivity index (χ0v) is 23.7. The Balaban J connectivity index is 1.13. The molecule has 3 atom stereocenters. The molecule has 0 radical (unpaired) electrons. The van der Waals surface area contributed by atoms with E-state index in [1.807, 2.05) is 31.3 Å². The monoisotopic (exact) mass is 559 g/mol. The number of hydrogen-bond acceptors (Lipinski definition) is 6. The highest BCUT2D eigenvalue weighted by atomic mass is 16.6. The van der Waals surface area contributed by atoms with Crippen LogP contribution in [0, 0.1) is 23.0 Å². The molecule has 0 saturated carbocycles. The van der Waals surface area contributed by atoms with E-state index in [1.54, 1.807) is 12.1 Å². The van der Waals surface area contributed by atoms with E-state index in [4.69, 9.17) is 14.5 Å². The van der Waals surface area contributed by atoms with Crippen molar-refractivity contribution in [1.82, 2.24) is 0 Å². The van der Waals surface area contributed by atoms with Gasteiger partial charge in [-0.05, 0) is 97.0 Å². The number of nitrogens with zero attached hydrogens (tertiary/aromatic N) is 2. The number of non-ortho nitro benzene ring substituents is 1. The van der Waals surface area contributed by atoms with E-state index in [0.717, 1.165) is 23.2 Å². The third kappa shape index (κ3) is 5.77. The van der Waals surface area contributed by atoms with Gasteiger partial charge >= 0.3 is 0 Å². The lowest BCUT2D eigenvalue weighted by Gasteiger charge is -2.37. The summed E-state index contributed by atoms with van der Waals surface area (Å²) in [6, 6.07) is 27.5. The first-order chi connectivity index (χ1) is 20.5. The summed E-state index contributed by atoms with van der Waals surface area (Å²) in [7, 11) is 0. The average molecular weight is 560 g/mol. The van der Waals surface area contributed by atoms with Crippen molar-refractivity contribution in [3.8, 4) is 11.5 Å². The van der Waals surface area contributed by atoms with Crippen molar-refractivity contribution in [2.75, 3.05) is 11.9 Å². The molecule has 4 aromatic carbocycles. The van der Waals surface area contributed by atoms with Crippen molar-refractivity contribution in [1.29, 1.82) is 0 Å². The maximum absolute atomic E-state index is 10.9. The van der Waals surface area contributed by atoms with E-state index in [0.29, 0.717) is 29.9 Å². The molecule has 6 rings (SSSR count). The van der Waals surface area contributed by atoms with Gasteiger partial charge in [-0.25, -0.2) is 0 Å². The second-order valence-electron chi connectivity index (χ2n) is 10.8. The lowest BCUT2D eigenvalue weighted by atomic mass is 9.76. The SMILES string of the molecule is CCOc1cc(C=Nc2ccc([C@@H]3Nc4ccc(C)cc4[C@H]4C=CC[C@H]43)cc2)ccc1OCc1ccc([N+](=O)[O-])cc1. The Morgan fingerprint density at radius 1 is 0.976 bits per heavy atom. The minimum atomic E-state index is -0.414. The van der Waals surface area contributed by atoms with Gasteiger partial charge in [-0.15, -0.1) is 0 Å². The number of nitro groups is 1. The lowest BCUT2D eigenvalue weighted by molar-refractivity contribution is -0.384. The van der Waals surface area contributed by atoms with E-state index in [9.17, 15) is 10.1 Å². The quantitative estimate of drug-likeness (QED) is 0.0962. The van der Waals surface area contributed by atoms with Gasteiger partial charge in [0.05, 0.1) is 23.3 Å². The Hall–Kier alpha value is -4.91. The fourth-order valence-corrected chi connectivity index (χ4v) is 5.83. The van der Waals surface area contributed by atoms with Crippen LogP contribution >= 0.6 is 0 Å². The summed E-state index contributed by atoms with van der Waals surface area (Å²) in [6.07, 6.45) is 7.60. The number of aliphatic imine (C=N–C) groups is 1. The van der Waals surface area contributed by atoms with E-state index in [2.05, 4.69) is 66.9 Å². The summed E-state index contributed by atoms with van der Waals surface area (Å²) in [5.74, 6) is 2.18. The topological polar surface area (TPSA) is 86.0 Å². The van der Waals surface area contributed by atoms with Crippen molar-refractivity contribution in [2.45, 2.75) is 38.8 Å². The molecule has 0 fully saturated rings. The van der Waals surface area contributed by atoms with Crippen LogP contribution in [0.25, 0.3) is 0 Å². The van der Waals surface area contributed by atoms with Crippen molar-refractivity contribution < 1.29 is 14.4 Å². The smallest absolute Gasteiger partial charge is 0.269 e. The summed E-state index contributed by atoms with van der Waals surface area (Å²) in [6.45, 7) is 4.85. The van der Waals surface area contributed by atoms with Crippen LogP contribution in [0.3, 0.4) is 0 Å². The molecular formula is C35H33N3O4. The Bertz CT molecular complexity index is 1640. The molecule has 0 spiro atoms. The van der Waals surface area contributed by atoms with Gasteiger partial charge < -0.3 is 14.8 Å². The van der Waals surface area contributed by atoms with Crippen LogP contribution in [-0.4, -0.2) is 17.7 Å². The highest BCUT2D eigenvalue weighted by Gasteiger charge is 2.37. The van der Waals surface area contributed by atoms with Gasteiger partial charge in [-0.1, -0.05) is 42.0 Å². The van der Waals surface area contributed by atoms with Crippen LogP contribution in [-0.2, 0) is 6.61 Å². The Kier molecular flexibility index (Phi) is 7.73. The standard InChI is InChI=1S/C35H33N3O4/c1-3-41-34-20-25(10-18-33(34)42-22-24-8-15-28(16-9-24)38(39)40)21-36-27-13-11-26(12-14-27)35-30-6-4-5-29(30)31-19-23(2)7-17-32(31)37-35/h4-5,7-21,29-30,35,37H,3,6,22H2,1-2H3/t29-,30+,35-/m0/s1. The van der Waals surface area contributed by atoms with Crippen LogP contribution < -0.4 is 14.8 Å². The van der Waals surface area contributed by atoms with Crippen molar-refractivity contribution in [2.24, 2.45) is 10.9 Å². The maximum atomic E-state index is 10.9. The molecule has 7 heteroatoms. The molecule has 7 nitrogen and oxygen atoms in total. The third-order valence-corrected chi connectivity index (χ3v) is 7.94. The first kappa shape index (κ1) is 27.3. The highest BCUT2D eigenvalue weighted by Crippen LogP contribution is 2.50. The minimum Gasteiger partial charge on any atom is -0.490 e. The Labute approximate surface area is 245 Å². The molecule has 0 bridgehead atoms. The second kappa shape index (κ2) is 11.9. The minimum absolute atomic E-state index is 0.0540. The van der Waals surface area contributed by atoms with E-state index >= 15 is 0 Å². The molecule has 4 aromatic rings. The van der Waals surface area contributed by atoms with Crippen molar-refractivity contribution >= 4 is 23.3 Å². The van der Waals surface area contributed by atoms with Gasteiger partial charge in [0.2, 0.25) is 0 Å². The van der Waals surface area contributed by atoms with Gasteiger partial charge in [-0.2, -0.15) is 0 Å². The van der Waals surface area contributed by atoms with Gasteiger partial charge in [0.15, 0.2) is 11.5 Å². The number of nitro benzene ring substituents is 1. The molecule has 1 aliphatic carbocycles. The number of fused-ring (bicyclic) bond motifs is 3. The number of aryl methyl sites for hydroxylation is 1.